The van der Waals surface area contributed by atoms with Crippen molar-refractivity contribution in [2.45, 2.75) is 6.92 Å². The number of benzene rings is 2. The van der Waals surface area contributed by atoms with Gasteiger partial charge < -0.3 is 9.80 Å². The van der Waals surface area contributed by atoms with Gasteiger partial charge in [0.2, 0.25) is 5.95 Å². The van der Waals surface area contributed by atoms with Crippen molar-refractivity contribution in [3.8, 4) is 11.1 Å². The molecule has 0 saturated carbocycles. The summed E-state index contributed by atoms with van der Waals surface area (Å²) >= 11 is 0. The number of aromatic nitrogens is 2. The fourth-order valence-electron chi connectivity index (χ4n) is 3.35. The van der Waals surface area contributed by atoms with Crippen LogP contribution >= 0.6 is 0 Å². The highest BCUT2D eigenvalue weighted by Crippen LogP contribution is 2.23. The van der Waals surface area contributed by atoms with Crippen LogP contribution in [0.4, 0.5) is 10.3 Å². The molecule has 0 aliphatic carbocycles. The second kappa shape index (κ2) is 7.76. The second-order valence-electron chi connectivity index (χ2n) is 6.89. The summed E-state index contributed by atoms with van der Waals surface area (Å²) in [5, 5.41) is 0. The lowest BCUT2D eigenvalue weighted by Crippen LogP contribution is -2.49. The van der Waals surface area contributed by atoms with Crippen molar-refractivity contribution in [3.63, 3.8) is 0 Å². The lowest BCUT2D eigenvalue weighted by Gasteiger charge is -2.34. The largest absolute Gasteiger partial charge is 0.337 e. The van der Waals surface area contributed by atoms with Crippen LogP contribution in [0.25, 0.3) is 11.1 Å². The molecule has 1 aromatic heterocycles. The third-order valence-electron chi connectivity index (χ3n) is 4.99. The Kier molecular flexibility index (Phi) is 5.02. The van der Waals surface area contributed by atoms with Crippen molar-refractivity contribution in [3.05, 3.63) is 77.9 Å². The molecule has 28 heavy (non-hydrogen) atoms. The van der Waals surface area contributed by atoms with Crippen molar-refractivity contribution in [1.29, 1.82) is 0 Å². The molecule has 1 aliphatic heterocycles. The Labute approximate surface area is 163 Å². The number of anilines is 1. The van der Waals surface area contributed by atoms with Gasteiger partial charge in [-0.1, -0.05) is 35.9 Å². The van der Waals surface area contributed by atoms with Crippen molar-refractivity contribution in [2.24, 2.45) is 0 Å². The third kappa shape index (κ3) is 3.71. The van der Waals surface area contributed by atoms with E-state index in [2.05, 4.69) is 9.97 Å². The number of carbonyl (C=O) groups is 1. The first-order valence-corrected chi connectivity index (χ1v) is 9.29. The first kappa shape index (κ1) is 18.1. The van der Waals surface area contributed by atoms with E-state index in [4.69, 9.17) is 0 Å². The van der Waals surface area contributed by atoms with Gasteiger partial charge in [-0.15, -0.1) is 0 Å². The van der Waals surface area contributed by atoms with E-state index in [0.717, 1.165) is 16.7 Å². The van der Waals surface area contributed by atoms with Crippen LogP contribution in [0.3, 0.4) is 0 Å². The molecule has 0 N–H and O–H groups in total. The predicted octanol–water partition coefficient (Wildman–Crippen LogP) is 3.55. The Hall–Kier alpha value is -3.28. The molecule has 142 valence electrons. The van der Waals surface area contributed by atoms with Crippen LogP contribution in [0.15, 0.2) is 60.9 Å². The zero-order valence-electron chi connectivity index (χ0n) is 15.7. The highest BCUT2D eigenvalue weighted by molar-refractivity contribution is 5.95. The van der Waals surface area contributed by atoms with E-state index in [1.165, 1.54) is 6.07 Å². The van der Waals surface area contributed by atoms with E-state index < -0.39 is 5.82 Å². The summed E-state index contributed by atoms with van der Waals surface area (Å²) in [6.07, 6.45) is 3.40. The highest BCUT2D eigenvalue weighted by atomic mass is 19.1. The second-order valence-corrected chi connectivity index (χ2v) is 6.89. The Morgan fingerprint density at radius 2 is 1.57 bits per heavy atom. The Morgan fingerprint density at radius 3 is 2.21 bits per heavy atom. The topological polar surface area (TPSA) is 49.3 Å². The smallest absolute Gasteiger partial charge is 0.256 e. The summed E-state index contributed by atoms with van der Waals surface area (Å²) in [6, 6.07) is 14.5. The van der Waals surface area contributed by atoms with Gasteiger partial charge in [-0.25, -0.2) is 14.4 Å². The van der Waals surface area contributed by atoms with Crippen LogP contribution in [-0.2, 0) is 0 Å². The molecule has 2 aromatic carbocycles. The number of hydrogen-bond acceptors (Lipinski definition) is 4. The maximum Gasteiger partial charge on any atom is 0.256 e. The lowest BCUT2D eigenvalue weighted by atomic mass is 10.0. The average Bonchev–Trinajstić information content (AvgIpc) is 2.74. The summed E-state index contributed by atoms with van der Waals surface area (Å²) in [5.74, 6) is -0.110. The summed E-state index contributed by atoms with van der Waals surface area (Å²) in [7, 11) is 0. The van der Waals surface area contributed by atoms with Gasteiger partial charge in [-0.05, 0) is 36.2 Å². The maximum atomic E-state index is 14.7. The Bertz CT molecular complexity index is 968. The number of piperazine rings is 1. The normalized spacial score (nSPS) is 14.2. The number of rotatable bonds is 3. The molecule has 3 aromatic rings. The fraction of sp³-hybridized carbons (Fsp3) is 0.227. The van der Waals surface area contributed by atoms with Gasteiger partial charge in [-0.2, -0.15) is 0 Å². The first-order valence-electron chi connectivity index (χ1n) is 9.29. The van der Waals surface area contributed by atoms with Gasteiger partial charge in [0.15, 0.2) is 0 Å². The van der Waals surface area contributed by atoms with Crippen LogP contribution in [0.1, 0.15) is 15.9 Å². The van der Waals surface area contributed by atoms with Crippen molar-refractivity contribution in [1.82, 2.24) is 14.9 Å². The van der Waals surface area contributed by atoms with Crippen LogP contribution in [0, 0.1) is 12.7 Å². The van der Waals surface area contributed by atoms with Gasteiger partial charge >= 0.3 is 0 Å². The number of carbonyl (C=O) groups excluding carboxylic acids is 1. The van der Waals surface area contributed by atoms with E-state index in [1.54, 1.807) is 35.5 Å². The summed E-state index contributed by atoms with van der Waals surface area (Å²) in [6.45, 7) is 4.28. The number of aryl methyl sites for hydroxylation is 1. The fourth-order valence-corrected chi connectivity index (χ4v) is 3.35. The maximum absolute atomic E-state index is 14.7. The van der Waals surface area contributed by atoms with Crippen molar-refractivity contribution < 1.29 is 9.18 Å². The molecule has 6 heteroatoms. The zero-order valence-corrected chi connectivity index (χ0v) is 15.7. The summed E-state index contributed by atoms with van der Waals surface area (Å²) < 4.78 is 14.7. The summed E-state index contributed by atoms with van der Waals surface area (Å²) in [5.41, 5.74) is 2.96. The van der Waals surface area contributed by atoms with Gasteiger partial charge in [-0.3, -0.25) is 4.79 Å². The standard InChI is InChI=1S/C22H21FN4O/c1-16-3-5-17(6-4-16)18-7-8-19(20(23)15-18)21(28)26-11-13-27(14-12-26)22-24-9-2-10-25-22/h2-10,15H,11-14H2,1H3. The molecular weight excluding hydrogens is 355 g/mol. The molecule has 1 fully saturated rings. The SMILES string of the molecule is Cc1ccc(-c2ccc(C(=O)N3CCN(c4ncccn4)CC3)c(F)c2)cc1. The van der Waals surface area contributed by atoms with E-state index >= 15 is 0 Å². The molecule has 2 heterocycles. The number of hydrogen-bond donors (Lipinski definition) is 0. The quantitative estimate of drug-likeness (QED) is 0.701. The molecule has 5 nitrogen and oxygen atoms in total. The third-order valence-corrected chi connectivity index (χ3v) is 4.99. The number of amides is 1. The molecule has 1 amide bonds. The van der Waals surface area contributed by atoms with Crippen LogP contribution < -0.4 is 4.90 Å². The molecule has 0 radical (unpaired) electrons. The van der Waals surface area contributed by atoms with E-state index in [-0.39, 0.29) is 11.5 Å². The zero-order chi connectivity index (χ0) is 19.5. The minimum Gasteiger partial charge on any atom is -0.337 e. The summed E-state index contributed by atoms with van der Waals surface area (Å²) in [4.78, 5) is 25.0. The molecule has 1 saturated heterocycles. The molecular formula is C22H21FN4O. The average molecular weight is 376 g/mol. The molecule has 0 spiro atoms. The predicted molar refractivity (Wildman–Crippen MR) is 107 cm³/mol. The first-order chi connectivity index (χ1) is 13.6. The van der Waals surface area contributed by atoms with Crippen LogP contribution in [0.5, 0.6) is 0 Å². The molecule has 0 bridgehead atoms. The van der Waals surface area contributed by atoms with E-state index in [9.17, 15) is 9.18 Å². The van der Waals surface area contributed by atoms with Crippen LogP contribution in [0.2, 0.25) is 0 Å². The van der Waals surface area contributed by atoms with E-state index in [1.807, 2.05) is 36.1 Å². The molecule has 1 aliphatic rings. The van der Waals surface area contributed by atoms with Gasteiger partial charge in [0.25, 0.3) is 5.91 Å². The lowest BCUT2D eigenvalue weighted by molar-refractivity contribution is 0.0741. The Morgan fingerprint density at radius 1 is 0.929 bits per heavy atom. The number of halogens is 1. The molecule has 0 unspecified atom stereocenters. The highest BCUT2D eigenvalue weighted by Gasteiger charge is 2.25. The molecule has 4 rings (SSSR count). The van der Waals surface area contributed by atoms with Crippen LogP contribution in [-0.4, -0.2) is 47.0 Å². The minimum atomic E-state index is -0.489. The number of nitrogens with zero attached hydrogens (tertiary/aromatic N) is 4. The van der Waals surface area contributed by atoms with Crippen molar-refractivity contribution >= 4 is 11.9 Å². The Balaban J connectivity index is 1.46. The van der Waals surface area contributed by atoms with Gasteiger partial charge in [0.05, 0.1) is 5.56 Å². The van der Waals surface area contributed by atoms with Gasteiger partial charge in [0.1, 0.15) is 5.82 Å². The van der Waals surface area contributed by atoms with Crippen molar-refractivity contribution in [2.75, 3.05) is 31.1 Å². The minimum absolute atomic E-state index is 0.111. The van der Waals surface area contributed by atoms with E-state index in [0.29, 0.717) is 32.1 Å². The monoisotopic (exact) mass is 376 g/mol. The molecule has 0 atom stereocenters. The van der Waals surface area contributed by atoms with Gasteiger partial charge in [0, 0.05) is 38.6 Å².